The van der Waals surface area contributed by atoms with Gasteiger partial charge in [-0.15, -0.1) is 0 Å². The van der Waals surface area contributed by atoms with Gasteiger partial charge in [-0.2, -0.15) is 0 Å². The Bertz CT molecular complexity index is 2880. The lowest BCUT2D eigenvalue weighted by Gasteiger charge is -2.26. The minimum absolute atomic E-state index is 1.09. The number of hydrogen-bond donors (Lipinski definition) is 0. The molecular formula is C60H43N. The average molecular weight is 778 g/mol. The highest BCUT2D eigenvalue weighted by molar-refractivity contribution is 5.89. The molecule has 1 nitrogen and oxygen atoms in total. The molecule has 288 valence electrons. The first-order chi connectivity index (χ1) is 30.2. The summed E-state index contributed by atoms with van der Waals surface area (Å²) in [6.07, 6.45) is 0. The second kappa shape index (κ2) is 17.1. The van der Waals surface area contributed by atoms with Gasteiger partial charge in [0.1, 0.15) is 0 Å². The van der Waals surface area contributed by atoms with Crippen LogP contribution >= 0.6 is 0 Å². The van der Waals surface area contributed by atoms with E-state index in [-0.39, 0.29) is 0 Å². The lowest BCUT2D eigenvalue weighted by Crippen LogP contribution is -2.09. The van der Waals surface area contributed by atoms with Gasteiger partial charge >= 0.3 is 0 Å². The average Bonchev–Trinajstić information content (AvgIpc) is 3.36. The summed E-state index contributed by atoms with van der Waals surface area (Å²) in [4.78, 5) is 2.36. The van der Waals surface area contributed by atoms with E-state index in [1.807, 2.05) is 0 Å². The molecule has 0 amide bonds. The summed E-state index contributed by atoms with van der Waals surface area (Å²) in [5.74, 6) is 0. The number of nitrogens with zero attached hydrogens (tertiary/aromatic N) is 1. The third-order valence-electron chi connectivity index (χ3n) is 11.5. The summed E-state index contributed by atoms with van der Waals surface area (Å²) in [6.45, 7) is 0. The minimum atomic E-state index is 1.09. The van der Waals surface area contributed by atoms with Crippen LogP contribution in [-0.2, 0) is 0 Å². The van der Waals surface area contributed by atoms with Crippen LogP contribution in [0.2, 0.25) is 0 Å². The predicted octanol–water partition coefficient (Wildman–Crippen LogP) is 16.8. The highest BCUT2D eigenvalue weighted by Crippen LogP contribution is 2.41. The van der Waals surface area contributed by atoms with Crippen molar-refractivity contribution in [1.82, 2.24) is 0 Å². The summed E-state index contributed by atoms with van der Waals surface area (Å²) in [7, 11) is 0. The maximum atomic E-state index is 2.36. The summed E-state index contributed by atoms with van der Waals surface area (Å²) in [5, 5.41) is 0. The molecule has 0 radical (unpaired) electrons. The molecular weight excluding hydrogens is 735 g/mol. The molecule has 61 heavy (non-hydrogen) atoms. The van der Waals surface area contributed by atoms with Gasteiger partial charge in [0.2, 0.25) is 0 Å². The second-order valence-electron chi connectivity index (χ2n) is 15.4. The van der Waals surface area contributed by atoms with Crippen LogP contribution in [0.5, 0.6) is 0 Å². The first-order valence-corrected chi connectivity index (χ1v) is 20.9. The molecule has 0 saturated carbocycles. The van der Waals surface area contributed by atoms with Crippen LogP contribution in [-0.4, -0.2) is 0 Å². The molecule has 0 N–H and O–H groups in total. The Hall–Kier alpha value is -8.00. The van der Waals surface area contributed by atoms with Crippen molar-refractivity contribution in [1.29, 1.82) is 0 Å². The van der Waals surface area contributed by atoms with Crippen LogP contribution in [0, 0.1) is 0 Å². The molecule has 10 aromatic rings. The van der Waals surface area contributed by atoms with E-state index < -0.39 is 0 Å². The smallest absolute Gasteiger partial charge is 0.0462 e. The first-order valence-electron chi connectivity index (χ1n) is 20.9. The van der Waals surface area contributed by atoms with E-state index in [9.17, 15) is 0 Å². The number of rotatable bonds is 10. The molecule has 0 unspecified atom stereocenters. The molecule has 0 aliphatic heterocycles. The SMILES string of the molecule is c1ccc(-c2cccc(-c3ccc(N(c4ccc(-c5cccc(-c6ccccc6)c5)cc4)c4ccc(-c5ccc(-c6ccccc6)cc5-c5ccccc5)cc4)cc3)c2)cc1. The lowest BCUT2D eigenvalue weighted by molar-refractivity contribution is 1.28. The fourth-order valence-electron chi connectivity index (χ4n) is 8.32. The van der Waals surface area contributed by atoms with Crippen molar-refractivity contribution < 1.29 is 0 Å². The van der Waals surface area contributed by atoms with Gasteiger partial charge in [-0.05, 0) is 132 Å². The van der Waals surface area contributed by atoms with Crippen molar-refractivity contribution in [3.8, 4) is 77.9 Å². The van der Waals surface area contributed by atoms with Gasteiger partial charge < -0.3 is 4.90 Å². The lowest BCUT2D eigenvalue weighted by atomic mass is 9.91. The van der Waals surface area contributed by atoms with Crippen LogP contribution in [0.15, 0.2) is 261 Å². The summed E-state index contributed by atoms with van der Waals surface area (Å²) < 4.78 is 0. The van der Waals surface area contributed by atoms with Crippen molar-refractivity contribution in [3.05, 3.63) is 261 Å². The Balaban J connectivity index is 1.02. The molecule has 0 fully saturated rings. The number of hydrogen-bond acceptors (Lipinski definition) is 1. The molecule has 0 atom stereocenters. The molecule has 10 aromatic carbocycles. The Morgan fingerprint density at radius 2 is 0.426 bits per heavy atom. The molecule has 0 spiro atoms. The zero-order chi connectivity index (χ0) is 40.8. The summed E-state index contributed by atoms with van der Waals surface area (Å²) >= 11 is 0. The normalized spacial score (nSPS) is 11.0. The van der Waals surface area contributed by atoms with Crippen molar-refractivity contribution in [3.63, 3.8) is 0 Å². The van der Waals surface area contributed by atoms with Crippen LogP contribution < -0.4 is 4.90 Å². The van der Waals surface area contributed by atoms with Gasteiger partial charge in [-0.3, -0.25) is 0 Å². The van der Waals surface area contributed by atoms with E-state index in [4.69, 9.17) is 0 Å². The van der Waals surface area contributed by atoms with E-state index in [0.717, 1.165) is 17.1 Å². The topological polar surface area (TPSA) is 3.24 Å². The highest BCUT2D eigenvalue weighted by Gasteiger charge is 2.16. The van der Waals surface area contributed by atoms with Crippen LogP contribution in [0.3, 0.4) is 0 Å². The van der Waals surface area contributed by atoms with E-state index in [1.54, 1.807) is 0 Å². The van der Waals surface area contributed by atoms with Gasteiger partial charge in [0.15, 0.2) is 0 Å². The quantitative estimate of drug-likeness (QED) is 0.134. The first kappa shape index (κ1) is 37.3. The van der Waals surface area contributed by atoms with Crippen LogP contribution in [0.1, 0.15) is 0 Å². The van der Waals surface area contributed by atoms with Gasteiger partial charge in [0.25, 0.3) is 0 Å². The Labute approximate surface area is 359 Å². The third kappa shape index (κ3) is 8.06. The maximum Gasteiger partial charge on any atom is 0.0462 e. The summed E-state index contributed by atoms with van der Waals surface area (Å²) in [6, 6.07) is 93.9. The van der Waals surface area contributed by atoms with E-state index in [0.29, 0.717) is 0 Å². The fraction of sp³-hybridized carbons (Fsp3) is 0. The molecule has 0 bridgehead atoms. The monoisotopic (exact) mass is 777 g/mol. The minimum Gasteiger partial charge on any atom is -0.311 e. The molecule has 0 aliphatic rings. The fourth-order valence-corrected chi connectivity index (χ4v) is 8.32. The summed E-state index contributed by atoms with van der Waals surface area (Å²) in [5.41, 5.74) is 20.1. The Morgan fingerprint density at radius 1 is 0.164 bits per heavy atom. The third-order valence-corrected chi connectivity index (χ3v) is 11.5. The van der Waals surface area contributed by atoms with Gasteiger partial charge in [-0.1, -0.05) is 206 Å². The zero-order valence-electron chi connectivity index (χ0n) is 33.8. The highest BCUT2D eigenvalue weighted by atomic mass is 15.1. The van der Waals surface area contributed by atoms with Crippen molar-refractivity contribution in [2.45, 2.75) is 0 Å². The van der Waals surface area contributed by atoms with E-state index >= 15 is 0 Å². The van der Waals surface area contributed by atoms with Crippen LogP contribution in [0.4, 0.5) is 17.1 Å². The Morgan fingerprint density at radius 3 is 0.803 bits per heavy atom. The molecule has 1 heteroatoms. The molecule has 0 aliphatic carbocycles. The van der Waals surface area contributed by atoms with Gasteiger partial charge in [0.05, 0.1) is 0 Å². The standard InChI is InChI=1S/C60H43N/c1-5-15-44(16-6-1)51-23-13-25-53(41-51)47-27-34-56(35-28-47)61(57-36-29-48(30-37-57)54-26-14-24-52(42-54)45-17-7-2-8-18-45)58-38-31-50(32-39-58)59-40-33-55(46-19-9-3-10-20-46)43-60(59)49-21-11-4-12-22-49/h1-43H. The predicted molar refractivity (Wildman–Crippen MR) is 259 cm³/mol. The Kier molecular flexibility index (Phi) is 10.4. The van der Waals surface area contributed by atoms with Gasteiger partial charge in [-0.25, -0.2) is 0 Å². The van der Waals surface area contributed by atoms with Crippen molar-refractivity contribution >= 4 is 17.1 Å². The number of benzene rings is 10. The number of anilines is 3. The van der Waals surface area contributed by atoms with Gasteiger partial charge in [0, 0.05) is 17.1 Å². The van der Waals surface area contributed by atoms with Crippen molar-refractivity contribution in [2.24, 2.45) is 0 Å². The molecule has 0 heterocycles. The zero-order valence-corrected chi connectivity index (χ0v) is 33.8. The molecule has 0 aromatic heterocycles. The molecule has 10 rings (SSSR count). The largest absolute Gasteiger partial charge is 0.311 e. The molecule has 0 saturated heterocycles. The second-order valence-corrected chi connectivity index (χ2v) is 15.4. The maximum absolute atomic E-state index is 2.36. The van der Waals surface area contributed by atoms with Crippen LogP contribution in [0.25, 0.3) is 77.9 Å². The van der Waals surface area contributed by atoms with E-state index in [1.165, 1.54) is 77.9 Å². The van der Waals surface area contributed by atoms with E-state index in [2.05, 4.69) is 266 Å². The van der Waals surface area contributed by atoms with Crippen molar-refractivity contribution in [2.75, 3.05) is 4.90 Å².